The van der Waals surface area contributed by atoms with Crippen LogP contribution < -0.4 is 5.56 Å². The van der Waals surface area contributed by atoms with E-state index in [0.717, 1.165) is 42.8 Å². The summed E-state index contributed by atoms with van der Waals surface area (Å²) in [5.74, 6) is 1.21. The van der Waals surface area contributed by atoms with Crippen molar-refractivity contribution >= 4 is 10.9 Å². The van der Waals surface area contributed by atoms with Gasteiger partial charge >= 0.3 is 0 Å². The Bertz CT molecular complexity index is 977. The molecule has 0 aliphatic carbocycles. The first-order chi connectivity index (χ1) is 11.6. The van der Waals surface area contributed by atoms with Crippen LogP contribution in [0.15, 0.2) is 47.3 Å². The van der Waals surface area contributed by atoms with Crippen molar-refractivity contribution in [2.75, 3.05) is 0 Å². The minimum absolute atomic E-state index is 0.0369. The zero-order valence-corrected chi connectivity index (χ0v) is 13.6. The van der Waals surface area contributed by atoms with Crippen LogP contribution in [0.4, 0.5) is 4.39 Å². The van der Waals surface area contributed by atoms with Gasteiger partial charge in [0.15, 0.2) is 0 Å². The van der Waals surface area contributed by atoms with Gasteiger partial charge in [-0.15, -0.1) is 0 Å². The average Bonchev–Trinajstić information content (AvgIpc) is 2.77. The number of rotatable bonds is 1. The summed E-state index contributed by atoms with van der Waals surface area (Å²) in [5, 5.41) is 0.633. The van der Waals surface area contributed by atoms with Gasteiger partial charge in [0.05, 0.1) is 10.9 Å². The maximum absolute atomic E-state index is 13.5. The second-order valence-electron chi connectivity index (χ2n) is 6.66. The third-order valence-corrected chi connectivity index (χ3v) is 4.90. The van der Waals surface area contributed by atoms with Crippen molar-refractivity contribution in [1.82, 2.24) is 9.55 Å². The molecular formula is C20H19FN2O. The molecule has 122 valence electrons. The van der Waals surface area contributed by atoms with Crippen LogP contribution in [0.5, 0.6) is 0 Å². The largest absolute Gasteiger partial charge is 0.296 e. The molecule has 3 aromatic rings. The van der Waals surface area contributed by atoms with Gasteiger partial charge < -0.3 is 0 Å². The lowest BCUT2D eigenvalue weighted by molar-refractivity contribution is 0.484. The predicted octanol–water partition coefficient (Wildman–Crippen LogP) is 4.18. The van der Waals surface area contributed by atoms with Gasteiger partial charge in [0.1, 0.15) is 11.6 Å². The Morgan fingerprint density at radius 1 is 1.12 bits per heavy atom. The van der Waals surface area contributed by atoms with Crippen molar-refractivity contribution in [2.45, 2.75) is 32.7 Å². The Balaban J connectivity index is 1.88. The molecule has 0 radical (unpaired) electrons. The van der Waals surface area contributed by atoms with Crippen LogP contribution in [-0.4, -0.2) is 9.55 Å². The van der Waals surface area contributed by atoms with E-state index in [-0.39, 0.29) is 11.4 Å². The number of nitrogens with zero attached hydrogens (tertiary/aromatic N) is 2. The van der Waals surface area contributed by atoms with Gasteiger partial charge in [-0.1, -0.05) is 25.1 Å². The number of hydrogen-bond donors (Lipinski definition) is 0. The molecule has 0 fully saturated rings. The van der Waals surface area contributed by atoms with E-state index >= 15 is 0 Å². The summed E-state index contributed by atoms with van der Waals surface area (Å²) in [6.07, 6.45) is 2.90. The third-order valence-electron chi connectivity index (χ3n) is 4.90. The van der Waals surface area contributed by atoms with Gasteiger partial charge in [0.2, 0.25) is 0 Å². The second kappa shape index (κ2) is 5.86. The second-order valence-corrected chi connectivity index (χ2v) is 6.66. The molecule has 1 aliphatic heterocycles. The first-order valence-electron chi connectivity index (χ1n) is 8.41. The van der Waals surface area contributed by atoms with Crippen LogP contribution in [0.25, 0.3) is 22.0 Å². The lowest BCUT2D eigenvalue weighted by Gasteiger charge is -2.11. The van der Waals surface area contributed by atoms with E-state index in [0.29, 0.717) is 16.8 Å². The summed E-state index contributed by atoms with van der Waals surface area (Å²) in [4.78, 5) is 17.5. The topological polar surface area (TPSA) is 34.9 Å². The molecule has 0 spiro atoms. The first kappa shape index (κ1) is 15.1. The minimum Gasteiger partial charge on any atom is -0.296 e. The van der Waals surface area contributed by atoms with Gasteiger partial charge in [-0.05, 0) is 54.2 Å². The summed E-state index contributed by atoms with van der Waals surface area (Å²) in [6.45, 7) is 2.96. The molecule has 1 aliphatic rings. The van der Waals surface area contributed by atoms with Crippen molar-refractivity contribution in [1.29, 1.82) is 0 Å². The molecule has 0 saturated heterocycles. The van der Waals surface area contributed by atoms with Gasteiger partial charge in [0.25, 0.3) is 5.56 Å². The number of hydrogen-bond acceptors (Lipinski definition) is 2. The molecular weight excluding hydrogens is 303 g/mol. The molecule has 3 nitrogen and oxygen atoms in total. The lowest BCUT2D eigenvalue weighted by Crippen LogP contribution is -2.24. The summed E-state index contributed by atoms with van der Waals surface area (Å²) < 4.78 is 15.3. The Morgan fingerprint density at radius 2 is 1.96 bits per heavy atom. The highest BCUT2D eigenvalue weighted by Crippen LogP contribution is 2.24. The first-order valence-corrected chi connectivity index (χ1v) is 8.41. The fourth-order valence-corrected chi connectivity index (χ4v) is 3.41. The molecule has 0 saturated carbocycles. The van der Waals surface area contributed by atoms with E-state index in [9.17, 15) is 9.18 Å². The van der Waals surface area contributed by atoms with Gasteiger partial charge in [0, 0.05) is 13.0 Å². The van der Waals surface area contributed by atoms with E-state index < -0.39 is 0 Å². The van der Waals surface area contributed by atoms with Crippen molar-refractivity contribution in [3.63, 3.8) is 0 Å². The van der Waals surface area contributed by atoms with Crippen molar-refractivity contribution in [3.8, 4) is 11.1 Å². The van der Waals surface area contributed by atoms with Crippen LogP contribution >= 0.6 is 0 Å². The average molecular weight is 322 g/mol. The summed E-state index contributed by atoms with van der Waals surface area (Å²) >= 11 is 0. The van der Waals surface area contributed by atoms with Gasteiger partial charge in [-0.2, -0.15) is 0 Å². The molecule has 4 rings (SSSR count). The fourth-order valence-electron chi connectivity index (χ4n) is 3.41. The van der Waals surface area contributed by atoms with E-state index in [4.69, 9.17) is 4.98 Å². The van der Waals surface area contributed by atoms with E-state index in [1.165, 1.54) is 12.1 Å². The smallest absolute Gasteiger partial charge is 0.261 e. The molecule has 0 amide bonds. The van der Waals surface area contributed by atoms with E-state index in [1.54, 1.807) is 6.07 Å². The zero-order chi connectivity index (χ0) is 16.7. The SMILES string of the molecule is CC1CCc2nc3cc(-c4cccc(F)c4)ccc3c(=O)n2CC1. The van der Waals surface area contributed by atoms with Crippen LogP contribution in [-0.2, 0) is 13.0 Å². The van der Waals surface area contributed by atoms with E-state index in [2.05, 4.69) is 6.92 Å². The fraction of sp³-hybridized carbons (Fsp3) is 0.300. The van der Waals surface area contributed by atoms with Crippen molar-refractivity contribution < 1.29 is 4.39 Å². The highest BCUT2D eigenvalue weighted by atomic mass is 19.1. The van der Waals surface area contributed by atoms with Crippen LogP contribution in [0.1, 0.15) is 25.6 Å². The quantitative estimate of drug-likeness (QED) is 0.674. The van der Waals surface area contributed by atoms with Crippen molar-refractivity contribution in [2.24, 2.45) is 5.92 Å². The molecule has 0 N–H and O–H groups in total. The molecule has 4 heteroatoms. The molecule has 2 aromatic carbocycles. The van der Waals surface area contributed by atoms with Crippen LogP contribution in [0.3, 0.4) is 0 Å². The summed E-state index contributed by atoms with van der Waals surface area (Å²) in [5.41, 5.74) is 2.40. The predicted molar refractivity (Wildman–Crippen MR) is 93.5 cm³/mol. The molecule has 1 unspecified atom stereocenters. The highest BCUT2D eigenvalue weighted by molar-refractivity contribution is 5.83. The third kappa shape index (κ3) is 2.62. The summed E-state index contributed by atoms with van der Waals surface area (Å²) in [7, 11) is 0. The molecule has 24 heavy (non-hydrogen) atoms. The molecule has 1 atom stereocenters. The van der Waals surface area contributed by atoms with Crippen molar-refractivity contribution in [3.05, 3.63) is 64.5 Å². The lowest BCUT2D eigenvalue weighted by atomic mass is 10.0. The normalized spacial score (nSPS) is 17.5. The number of aryl methyl sites for hydroxylation is 1. The Labute approximate surface area is 139 Å². The maximum Gasteiger partial charge on any atom is 0.261 e. The Kier molecular flexibility index (Phi) is 3.68. The maximum atomic E-state index is 13.5. The highest BCUT2D eigenvalue weighted by Gasteiger charge is 2.17. The number of benzene rings is 2. The van der Waals surface area contributed by atoms with Gasteiger partial charge in [-0.3, -0.25) is 9.36 Å². The van der Waals surface area contributed by atoms with Crippen LogP contribution in [0, 0.1) is 11.7 Å². The standard InChI is InChI=1S/C20H19FN2O/c1-13-5-8-19-22-18-12-15(14-3-2-4-16(21)11-14)6-7-17(18)20(24)23(19)10-9-13/h2-4,6-7,11-13H,5,8-10H2,1H3. The molecule has 2 heterocycles. The number of fused-ring (bicyclic) bond motifs is 2. The monoisotopic (exact) mass is 322 g/mol. The van der Waals surface area contributed by atoms with Crippen LogP contribution in [0.2, 0.25) is 0 Å². The number of aromatic nitrogens is 2. The Hall–Kier alpha value is -2.49. The minimum atomic E-state index is -0.267. The zero-order valence-electron chi connectivity index (χ0n) is 13.6. The molecule has 0 bridgehead atoms. The van der Waals surface area contributed by atoms with Gasteiger partial charge in [-0.25, -0.2) is 9.37 Å². The summed E-state index contributed by atoms with van der Waals surface area (Å²) in [6, 6.07) is 12.0. The van der Waals surface area contributed by atoms with E-state index in [1.807, 2.05) is 28.8 Å². The Morgan fingerprint density at radius 3 is 2.79 bits per heavy atom. The number of halogens is 1. The molecule has 1 aromatic heterocycles.